The minimum absolute atomic E-state index is 0.0864. The number of amides is 2. The Balaban J connectivity index is 1.31. The molecule has 2 N–H and O–H groups in total. The van der Waals surface area contributed by atoms with Crippen molar-refractivity contribution in [1.82, 2.24) is 15.5 Å². The molecule has 162 valence electrons. The number of carbonyl (C=O) groups excluding carboxylic acids is 2. The molecule has 0 atom stereocenters. The zero-order chi connectivity index (χ0) is 22.5. The number of halogens is 1. The highest BCUT2D eigenvalue weighted by atomic mass is 32.1. The largest absolute Gasteiger partial charge is 0.355 e. The predicted molar refractivity (Wildman–Crippen MR) is 119 cm³/mol. The molecule has 0 spiro atoms. The van der Waals surface area contributed by atoms with Crippen LogP contribution in [-0.4, -0.2) is 28.5 Å². The molecule has 0 aliphatic heterocycles. The van der Waals surface area contributed by atoms with Gasteiger partial charge in [0.05, 0.1) is 12.2 Å². The zero-order valence-corrected chi connectivity index (χ0v) is 17.9. The third-order valence-electron chi connectivity index (χ3n) is 4.63. The Morgan fingerprint density at radius 1 is 1.09 bits per heavy atom. The Morgan fingerprint density at radius 2 is 1.84 bits per heavy atom. The summed E-state index contributed by atoms with van der Waals surface area (Å²) in [7, 11) is 0. The van der Waals surface area contributed by atoms with Gasteiger partial charge in [-0.25, -0.2) is 9.37 Å². The van der Waals surface area contributed by atoms with E-state index in [1.165, 1.54) is 29.5 Å². The molecule has 2 aromatic heterocycles. The van der Waals surface area contributed by atoms with E-state index < -0.39 is 11.8 Å². The monoisotopic (exact) mass is 450 g/mol. The van der Waals surface area contributed by atoms with Gasteiger partial charge in [-0.1, -0.05) is 47.6 Å². The molecular formula is C23H19FN4O3S. The van der Waals surface area contributed by atoms with E-state index in [0.717, 1.165) is 21.7 Å². The van der Waals surface area contributed by atoms with Gasteiger partial charge in [-0.2, -0.15) is 0 Å². The number of benzene rings is 2. The van der Waals surface area contributed by atoms with Crippen LogP contribution in [-0.2, 0) is 11.2 Å². The lowest BCUT2D eigenvalue weighted by atomic mass is 10.1. The normalized spacial score (nSPS) is 10.7. The molecule has 2 aromatic carbocycles. The first-order chi connectivity index (χ1) is 15.5. The fourth-order valence-corrected chi connectivity index (χ4v) is 3.98. The summed E-state index contributed by atoms with van der Waals surface area (Å²) >= 11 is 1.34. The Hall–Kier alpha value is -3.85. The van der Waals surface area contributed by atoms with Crippen LogP contribution in [0, 0.1) is 12.7 Å². The Bertz CT molecular complexity index is 1240. The minimum atomic E-state index is -0.515. The van der Waals surface area contributed by atoms with E-state index in [1.54, 1.807) is 12.1 Å². The molecule has 0 saturated heterocycles. The maximum atomic E-state index is 13.1. The van der Waals surface area contributed by atoms with E-state index in [1.807, 2.05) is 37.3 Å². The van der Waals surface area contributed by atoms with Gasteiger partial charge in [0.15, 0.2) is 16.6 Å². The molecule has 0 unspecified atom stereocenters. The lowest BCUT2D eigenvalue weighted by molar-refractivity contribution is -0.115. The molecule has 0 aliphatic rings. The van der Waals surface area contributed by atoms with Crippen molar-refractivity contribution in [3.8, 4) is 11.3 Å². The van der Waals surface area contributed by atoms with Crippen LogP contribution in [0.2, 0.25) is 0 Å². The molecular weight excluding hydrogens is 431 g/mol. The summed E-state index contributed by atoms with van der Waals surface area (Å²) in [5.41, 5.74) is 2.62. The topological polar surface area (TPSA) is 97.1 Å². The second kappa shape index (κ2) is 9.52. The third kappa shape index (κ3) is 5.25. The van der Waals surface area contributed by atoms with Gasteiger partial charge in [0.1, 0.15) is 5.82 Å². The molecule has 0 saturated carbocycles. The van der Waals surface area contributed by atoms with Crippen molar-refractivity contribution in [1.29, 1.82) is 0 Å². The van der Waals surface area contributed by atoms with Crippen molar-refractivity contribution in [2.24, 2.45) is 0 Å². The van der Waals surface area contributed by atoms with Crippen molar-refractivity contribution in [3.05, 3.63) is 88.3 Å². The Labute approximate surface area is 187 Å². The SMILES string of the molecule is Cc1nc(NC(=O)CNC(=O)c2cc(-c3ccccc3)on2)sc1Cc1ccc(F)cc1. The summed E-state index contributed by atoms with van der Waals surface area (Å²) < 4.78 is 18.3. The van der Waals surface area contributed by atoms with Crippen molar-refractivity contribution in [3.63, 3.8) is 0 Å². The fraction of sp³-hybridized carbons (Fsp3) is 0.130. The van der Waals surface area contributed by atoms with Crippen LogP contribution >= 0.6 is 11.3 Å². The van der Waals surface area contributed by atoms with E-state index >= 15 is 0 Å². The van der Waals surface area contributed by atoms with Gasteiger partial charge in [-0.3, -0.25) is 9.59 Å². The van der Waals surface area contributed by atoms with E-state index in [9.17, 15) is 14.0 Å². The molecule has 32 heavy (non-hydrogen) atoms. The summed E-state index contributed by atoms with van der Waals surface area (Å²) in [5.74, 6) is -0.746. The number of aromatic nitrogens is 2. The Morgan fingerprint density at radius 3 is 2.59 bits per heavy atom. The molecule has 0 radical (unpaired) electrons. The quantitative estimate of drug-likeness (QED) is 0.440. The molecule has 0 fully saturated rings. The van der Waals surface area contributed by atoms with Gasteiger partial charge in [-0.05, 0) is 24.6 Å². The van der Waals surface area contributed by atoms with Crippen LogP contribution in [0.15, 0.2) is 65.2 Å². The molecule has 4 rings (SSSR count). The maximum Gasteiger partial charge on any atom is 0.273 e. The number of aryl methyl sites for hydroxylation is 1. The van der Waals surface area contributed by atoms with Crippen LogP contribution in [0.5, 0.6) is 0 Å². The first-order valence-corrected chi connectivity index (χ1v) is 10.6. The summed E-state index contributed by atoms with van der Waals surface area (Å²) in [5, 5.41) is 9.40. The van der Waals surface area contributed by atoms with Gasteiger partial charge < -0.3 is 15.2 Å². The average molecular weight is 450 g/mol. The summed E-state index contributed by atoms with van der Waals surface area (Å²) in [6, 6.07) is 17.1. The van der Waals surface area contributed by atoms with Crippen molar-refractivity contribution >= 4 is 28.3 Å². The molecule has 0 aliphatic carbocycles. The lowest BCUT2D eigenvalue weighted by Gasteiger charge is -2.02. The second-order valence-electron chi connectivity index (χ2n) is 7.00. The number of carbonyl (C=O) groups is 2. The van der Waals surface area contributed by atoms with Gasteiger partial charge in [0, 0.05) is 22.9 Å². The number of nitrogens with zero attached hydrogens (tertiary/aromatic N) is 2. The molecule has 2 heterocycles. The van der Waals surface area contributed by atoms with Gasteiger partial charge >= 0.3 is 0 Å². The number of hydrogen-bond acceptors (Lipinski definition) is 6. The van der Waals surface area contributed by atoms with Crippen LogP contribution in [0.25, 0.3) is 11.3 Å². The smallest absolute Gasteiger partial charge is 0.273 e. The van der Waals surface area contributed by atoms with Crippen LogP contribution in [0.3, 0.4) is 0 Å². The van der Waals surface area contributed by atoms with Crippen LogP contribution in [0.4, 0.5) is 9.52 Å². The number of rotatable bonds is 7. The molecule has 0 bridgehead atoms. The summed E-state index contributed by atoms with van der Waals surface area (Å²) in [6.45, 7) is 1.61. The number of anilines is 1. The van der Waals surface area contributed by atoms with Crippen molar-refractivity contribution in [2.75, 3.05) is 11.9 Å². The van der Waals surface area contributed by atoms with E-state index in [0.29, 0.717) is 17.3 Å². The van der Waals surface area contributed by atoms with Gasteiger partial charge in [0.2, 0.25) is 5.91 Å². The van der Waals surface area contributed by atoms with Crippen LogP contribution < -0.4 is 10.6 Å². The zero-order valence-electron chi connectivity index (χ0n) is 17.1. The van der Waals surface area contributed by atoms with Crippen molar-refractivity contribution < 1.29 is 18.5 Å². The van der Waals surface area contributed by atoms with E-state index in [2.05, 4.69) is 20.8 Å². The number of thiazole rings is 1. The van der Waals surface area contributed by atoms with E-state index in [-0.39, 0.29) is 18.1 Å². The molecule has 4 aromatic rings. The van der Waals surface area contributed by atoms with Crippen molar-refractivity contribution in [2.45, 2.75) is 13.3 Å². The number of nitrogens with one attached hydrogen (secondary N) is 2. The molecule has 2 amide bonds. The second-order valence-corrected chi connectivity index (χ2v) is 8.09. The fourth-order valence-electron chi connectivity index (χ4n) is 2.97. The number of hydrogen-bond donors (Lipinski definition) is 2. The highest BCUT2D eigenvalue weighted by molar-refractivity contribution is 7.15. The maximum absolute atomic E-state index is 13.1. The Kier molecular flexibility index (Phi) is 6.37. The van der Waals surface area contributed by atoms with E-state index in [4.69, 9.17) is 4.52 Å². The summed E-state index contributed by atoms with van der Waals surface area (Å²) in [6.07, 6.45) is 0.590. The predicted octanol–water partition coefficient (Wildman–Crippen LogP) is 4.20. The minimum Gasteiger partial charge on any atom is -0.355 e. The first kappa shape index (κ1) is 21.4. The third-order valence-corrected chi connectivity index (χ3v) is 5.70. The average Bonchev–Trinajstić information content (AvgIpc) is 3.41. The first-order valence-electron chi connectivity index (χ1n) is 9.79. The molecule has 7 nitrogen and oxygen atoms in total. The van der Waals surface area contributed by atoms with Gasteiger partial charge in [-0.15, -0.1) is 11.3 Å². The highest BCUT2D eigenvalue weighted by Gasteiger charge is 2.16. The lowest BCUT2D eigenvalue weighted by Crippen LogP contribution is -2.33. The molecule has 9 heteroatoms. The van der Waals surface area contributed by atoms with Crippen LogP contribution in [0.1, 0.15) is 26.6 Å². The highest BCUT2D eigenvalue weighted by Crippen LogP contribution is 2.25. The van der Waals surface area contributed by atoms with Gasteiger partial charge in [0.25, 0.3) is 5.91 Å². The standard InChI is InChI=1S/C23H19FN4O3S/c1-14-20(11-15-7-9-17(24)10-8-15)32-23(26-14)27-21(29)13-25-22(30)18-12-19(31-28-18)16-5-3-2-4-6-16/h2-10,12H,11,13H2,1H3,(H,25,30)(H,26,27,29). The summed E-state index contributed by atoms with van der Waals surface area (Å²) in [4.78, 5) is 29.8.